The first-order valence-corrected chi connectivity index (χ1v) is 5.34. The molecule has 0 saturated carbocycles. The number of likely N-dealkylation sites (tertiary alicyclic amines) is 1. The normalized spacial score (nSPS) is 23.8. The fraction of sp³-hybridized carbons (Fsp3) is 0.364. The quantitative estimate of drug-likeness (QED) is 0.397. The van der Waals surface area contributed by atoms with Crippen LogP contribution in [0.5, 0.6) is 0 Å². The van der Waals surface area contributed by atoms with Crippen molar-refractivity contribution in [3.8, 4) is 0 Å². The van der Waals surface area contributed by atoms with Crippen LogP contribution in [0.2, 0.25) is 0 Å². The van der Waals surface area contributed by atoms with E-state index in [1.54, 1.807) is 24.3 Å². The largest absolute Gasteiger partial charge is 0.388 e. The number of hydrazine groups is 1. The number of nitrogens with two attached hydrogens (primary N) is 1. The zero-order valence-electron chi connectivity index (χ0n) is 9.21. The highest BCUT2D eigenvalue weighted by atomic mass is 16.3. The number of nitrogen functional groups attached to an aromatic ring is 1. The Hall–Kier alpha value is -1.63. The number of para-hydroxylation sites is 1. The van der Waals surface area contributed by atoms with Gasteiger partial charge in [0.05, 0.1) is 23.5 Å². The molecule has 1 fully saturated rings. The highest BCUT2D eigenvalue weighted by Crippen LogP contribution is 2.19. The number of hydrogen-bond acceptors (Lipinski definition) is 5. The number of hydrogen-bond donors (Lipinski definition) is 4. The zero-order valence-corrected chi connectivity index (χ0v) is 9.21. The highest BCUT2D eigenvalue weighted by molar-refractivity contribution is 5.99. The minimum absolute atomic E-state index is 0.138. The van der Waals surface area contributed by atoms with E-state index in [0.29, 0.717) is 11.3 Å². The third-order valence-electron chi connectivity index (χ3n) is 2.86. The number of carbonyl (C=O) groups excluding carboxylic acids is 1. The predicted molar refractivity (Wildman–Crippen MR) is 62.2 cm³/mol. The van der Waals surface area contributed by atoms with Crippen molar-refractivity contribution in [2.45, 2.75) is 12.2 Å². The molecule has 6 heteroatoms. The number of carbonyl (C=O) groups is 1. The van der Waals surface area contributed by atoms with Crippen LogP contribution in [0, 0.1) is 0 Å². The van der Waals surface area contributed by atoms with E-state index in [0.717, 1.165) is 0 Å². The minimum Gasteiger partial charge on any atom is -0.388 e. The summed E-state index contributed by atoms with van der Waals surface area (Å²) >= 11 is 0. The molecule has 2 unspecified atom stereocenters. The Labute approximate surface area is 98.6 Å². The predicted octanol–water partition coefficient (Wildman–Crippen LogP) is -0.850. The van der Waals surface area contributed by atoms with Gasteiger partial charge in [-0.05, 0) is 12.1 Å². The van der Waals surface area contributed by atoms with Gasteiger partial charge in [-0.25, -0.2) is 0 Å². The lowest BCUT2D eigenvalue weighted by Crippen LogP contribution is -2.30. The monoisotopic (exact) mass is 237 g/mol. The molecule has 1 amide bonds. The number of benzene rings is 1. The molecular formula is C11H15N3O3. The molecule has 17 heavy (non-hydrogen) atoms. The molecule has 0 aliphatic carbocycles. The maximum Gasteiger partial charge on any atom is 0.256 e. The first-order valence-electron chi connectivity index (χ1n) is 5.34. The fourth-order valence-electron chi connectivity index (χ4n) is 1.90. The second-order valence-corrected chi connectivity index (χ2v) is 4.03. The maximum absolute atomic E-state index is 12.1. The summed E-state index contributed by atoms with van der Waals surface area (Å²) in [7, 11) is 0. The summed E-state index contributed by atoms with van der Waals surface area (Å²) in [6.07, 6.45) is -1.76. The summed E-state index contributed by atoms with van der Waals surface area (Å²) in [4.78, 5) is 13.5. The molecule has 5 N–H and O–H groups in total. The van der Waals surface area contributed by atoms with Gasteiger partial charge in [-0.1, -0.05) is 12.1 Å². The van der Waals surface area contributed by atoms with Crippen molar-refractivity contribution in [2.24, 2.45) is 5.84 Å². The van der Waals surface area contributed by atoms with E-state index < -0.39 is 12.2 Å². The van der Waals surface area contributed by atoms with E-state index in [9.17, 15) is 15.0 Å². The molecule has 1 aromatic carbocycles. The van der Waals surface area contributed by atoms with Gasteiger partial charge in [-0.3, -0.25) is 10.6 Å². The second kappa shape index (κ2) is 4.70. The van der Waals surface area contributed by atoms with Crippen LogP contribution in [0.1, 0.15) is 10.4 Å². The molecule has 6 nitrogen and oxygen atoms in total. The maximum atomic E-state index is 12.1. The first kappa shape index (κ1) is 11.8. The lowest BCUT2D eigenvalue weighted by atomic mass is 10.1. The van der Waals surface area contributed by atoms with Gasteiger partial charge in [0.15, 0.2) is 0 Å². The third kappa shape index (κ3) is 2.23. The van der Waals surface area contributed by atoms with Crippen molar-refractivity contribution < 1.29 is 15.0 Å². The molecule has 1 aliphatic rings. The van der Waals surface area contributed by atoms with Crippen molar-refractivity contribution in [3.63, 3.8) is 0 Å². The van der Waals surface area contributed by atoms with Crippen LogP contribution < -0.4 is 11.3 Å². The van der Waals surface area contributed by atoms with Gasteiger partial charge in [-0.2, -0.15) is 0 Å². The molecule has 2 rings (SSSR count). The Morgan fingerprint density at radius 2 is 1.88 bits per heavy atom. The van der Waals surface area contributed by atoms with Gasteiger partial charge in [0, 0.05) is 13.1 Å². The number of amides is 1. The van der Waals surface area contributed by atoms with Crippen LogP contribution >= 0.6 is 0 Å². The zero-order chi connectivity index (χ0) is 12.4. The summed E-state index contributed by atoms with van der Waals surface area (Å²) < 4.78 is 0. The molecule has 2 atom stereocenters. The Balaban J connectivity index is 2.20. The molecule has 0 radical (unpaired) electrons. The van der Waals surface area contributed by atoms with Gasteiger partial charge in [0.1, 0.15) is 0 Å². The van der Waals surface area contributed by atoms with E-state index in [-0.39, 0.29) is 19.0 Å². The summed E-state index contributed by atoms with van der Waals surface area (Å²) in [6, 6.07) is 6.83. The van der Waals surface area contributed by atoms with Crippen molar-refractivity contribution in [3.05, 3.63) is 29.8 Å². The number of nitrogens with one attached hydrogen (secondary N) is 1. The fourth-order valence-corrected chi connectivity index (χ4v) is 1.90. The summed E-state index contributed by atoms with van der Waals surface area (Å²) in [5.74, 6) is 5.07. The second-order valence-electron chi connectivity index (χ2n) is 4.03. The van der Waals surface area contributed by atoms with Gasteiger partial charge in [-0.15, -0.1) is 0 Å². The molecule has 0 spiro atoms. The number of nitrogens with zero attached hydrogens (tertiary/aromatic N) is 1. The highest BCUT2D eigenvalue weighted by Gasteiger charge is 2.33. The van der Waals surface area contributed by atoms with Gasteiger partial charge >= 0.3 is 0 Å². The smallest absolute Gasteiger partial charge is 0.256 e. The molecule has 0 aromatic heterocycles. The first-order chi connectivity index (χ1) is 8.13. The standard InChI is InChI=1S/C11H15N3O3/c12-13-8-4-2-1-3-7(8)11(17)14-5-9(15)10(16)6-14/h1-4,9-10,13,15-16H,5-6,12H2. The van der Waals surface area contributed by atoms with Gasteiger partial charge in [0.25, 0.3) is 5.91 Å². The summed E-state index contributed by atoms with van der Waals surface area (Å²) in [5.41, 5.74) is 3.40. The van der Waals surface area contributed by atoms with Crippen molar-refractivity contribution in [2.75, 3.05) is 18.5 Å². The Bertz CT molecular complexity index is 414. The van der Waals surface area contributed by atoms with E-state index in [4.69, 9.17) is 5.84 Å². The summed E-state index contributed by atoms with van der Waals surface area (Å²) in [6.45, 7) is 0.276. The number of aliphatic hydroxyl groups is 2. The van der Waals surface area contributed by atoms with E-state index in [1.165, 1.54) is 4.90 Å². The van der Waals surface area contributed by atoms with Crippen molar-refractivity contribution >= 4 is 11.6 Å². The topological polar surface area (TPSA) is 98.8 Å². The van der Waals surface area contributed by atoms with Crippen LogP contribution in [-0.4, -0.2) is 46.3 Å². The number of β-amino-alcohol motifs (C(OH)–C–C–N with tert-alkyl or cyclic N) is 2. The molecule has 92 valence electrons. The molecular weight excluding hydrogens is 222 g/mol. The average molecular weight is 237 g/mol. The van der Waals surface area contributed by atoms with Crippen molar-refractivity contribution in [1.29, 1.82) is 0 Å². The van der Waals surface area contributed by atoms with Crippen LogP contribution in [0.15, 0.2) is 24.3 Å². The molecule has 1 saturated heterocycles. The lowest BCUT2D eigenvalue weighted by molar-refractivity contribution is 0.0572. The minimum atomic E-state index is -0.878. The molecule has 1 heterocycles. The van der Waals surface area contributed by atoms with E-state index in [2.05, 4.69) is 5.43 Å². The Kier molecular flexibility index (Phi) is 3.28. The number of rotatable bonds is 2. The van der Waals surface area contributed by atoms with Crippen LogP contribution in [-0.2, 0) is 0 Å². The number of aliphatic hydroxyl groups excluding tert-OH is 2. The summed E-state index contributed by atoms with van der Waals surface area (Å²) in [5, 5.41) is 18.8. The van der Waals surface area contributed by atoms with Crippen LogP contribution in [0.25, 0.3) is 0 Å². The van der Waals surface area contributed by atoms with Gasteiger partial charge in [0.2, 0.25) is 0 Å². The average Bonchev–Trinajstić information content (AvgIpc) is 2.68. The Morgan fingerprint density at radius 1 is 1.29 bits per heavy atom. The van der Waals surface area contributed by atoms with Crippen LogP contribution in [0.3, 0.4) is 0 Å². The SMILES string of the molecule is NNc1ccccc1C(=O)N1CC(O)C(O)C1. The molecule has 1 aliphatic heterocycles. The van der Waals surface area contributed by atoms with Crippen LogP contribution in [0.4, 0.5) is 5.69 Å². The van der Waals surface area contributed by atoms with Crippen molar-refractivity contribution in [1.82, 2.24) is 4.90 Å². The van der Waals surface area contributed by atoms with E-state index >= 15 is 0 Å². The Morgan fingerprint density at radius 3 is 2.47 bits per heavy atom. The van der Waals surface area contributed by atoms with Gasteiger partial charge < -0.3 is 20.5 Å². The molecule has 1 aromatic rings. The number of anilines is 1. The van der Waals surface area contributed by atoms with E-state index in [1.807, 2.05) is 0 Å². The molecule has 0 bridgehead atoms. The lowest BCUT2D eigenvalue weighted by Gasteiger charge is -2.17. The third-order valence-corrected chi connectivity index (χ3v) is 2.86.